The maximum absolute atomic E-state index is 5.99. The van der Waals surface area contributed by atoms with Crippen LogP contribution in [0.1, 0.15) is 52.7 Å². The van der Waals surface area contributed by atoms with E-state index in [1.54, 1.807) is 0 Å². The first-order valence-corrected chi connectivity index (χ1v) is 10.4. The third-order valence-electron chi connectivity index (χ3n) is 4.67. The standard InChI is InChI=1S/C24H34O5/c1-7-25-23(5,26-8-2)19-11-15-21(16-12-19)29-22-17-13-20(14-18-22)24(6,27-9-3)28-10-4/h11-18H,7-10H2,1-6H3. The number of hydrogen-bond donors (Lipinski definition) is 0. The van der Waals surface area contributed by atoms with E-state index in [9.17, 15) is 0 Å². The van der Waals surface area contributed by atoms with Gasteiger partial charge >= 0.3 is 0 Å². The Balaban J connectivity index is 2.12. The summed E-state index contributed by atoms with van der Waals surface area (Å²) in [4.78, 5) is 0. The Morgan fingerprint density at radius 1 is 0.517 bits per heavy atom. The summed E-state index contributed by atoms with van der Waals surface area (Å²) in [7, 11) is 0. The zero-order valence-electron chi connectivity index (χ0n) is 18.5. The van der Waals surface area contributed by atoms with E-state index in [0.29, 0.717) is 26.4 Å². The molecule has 2 aromatic carbocycles. The molecule has 0 amide bonds. The van der Waals surface area contributed by atoms with Gasteiger partial charge in [0.05, 0.1) is 0 Å². The molecule has 0 bridgehead atoms. The lowest BCUT2D eigenvalue weighted by molar-refractivity contribution is -0.230. The highest BCUT2D eigenvalue weighted by Crippen LogP contribution is 2.32. The molecule has 0 saturated carbocycles. The van der Waals surface area contributed by atoms with Crippen LogP contribution in [-0.4, -0.2) is 26.4 Å². The van der Waals surface area contributed by atoms with Gasteiger partial charge in [-0.3, -0.25) is 0 Å². The van der Waals surface area contributed by atoms with E-state index in [2.05, 4.69) is 0 Å². The van der Waals surface area contributed by atoms with E-state index in [4.69, 9.17) is 23.7 Å². The van der Waals surface area contributed by atoms with Crippen LogP contribution in [0.25, 0.3) is 0 Å². The first-order valence-electron chi connectivity index (χ1n) is 10.4. The molecular formula is C24H34O5. The summed E-state index contributed by atoms with van der Waals surface area (Å²) in [6.45, 7) is 14.0. The molecule has 0 heterocycles. The minimum Gasteiger partial charge on any atom is -0.457 e. The Hall–Kier alpha value is -1.92. The third kappa shape index (κ3) is 6.03. The lowest BCUT2D eigenvalue weighted by Gasteiger charge is -2.30. The maximum atomic E-state index is 5.99. The summed E-state index contributed by atoms with van der Waals surface area (Å²) in [6.07, 6.45) is 0. The van der Waals surface area contributed by atoms with E-state index in [0.717, 1.165) is 22.6 Å². The van der Waals surface area contributed by atoms with Gasteiger partial charge in [-0.2, -0.15) is 0 Å². The monoisotopic (exact) mass is 402 g/mol. The summed E-state index contributed by atoms with van der Waals surface area (Å²) in [6, 6.07) is 15.6. The van der Waals surface area contributed by atoms with Gasteiger partial charge in [0, 0.05) is 37.6 Å². The smallest absolute Gasteiger partial charge is 0.191 e. The van der Waals surface area contributed by atoms with Crippen molar-refractivity contribution in [2.24, 2.45) is 0 Å². The summed E-state index contributed by atoms with van der Waals surface area (Å²) >= 11 is 0. The number of hydrogen-bond acceptors (Lipinski definition) is 5. The average Bonchev–Trinajstić information content (AvgIpc) is 2.70. The Kier molecular flexibility index (Phi) is 8.65. The summed E-state index contributed by atoms with van der Waals surface area (Å²) in [5, 5.41) is 0. The van der Waals surface area contributed by atoms with Crippen LogP contribution < -0.4 is 4.74 Å². The van der Waals surface area contributed by atoms with Gasteiger partial charge in [-0.25, -0.2) is 0 Å². The van der Waals surface area contributed by atoms with Crippen LogP contribution in [-0.2, 0) is 30.5 Å². The molecule has 5 nitrogen and oxygen atoms in total. The topological polar surface area (TPSA) is 46.2 Å². The predicted molar refractivity (Wildman–Crippen MR) is 114 cm³/mol. The second kappa shape index (κ2) is 10.7. The van der Waals surface area contributed by atoms with E-state index >= 15 is 0 Å². The summed E-state index contributed by atoms with van der Waals surface area (Å²) < 4.78 is 29.2. The summed E-state index contributed by atoms with van der Waals surface area (Å²) in [5.41, 5.74) is 1.90. The molecule has 0 aliphatic heterocycles. The second-order valence-electron chi connectivity index (χ2n) is 6.77. The van der Waals surface area contributed by atoms with Gasteiger partial charge in [-0.1, -0.05) is 0 Å². The van der Waals surface area contributed by atoms with Crippen LogP contribution in [0.15, 0.2) is 48.5 Å². The van der Waals surface area contributed by atoms with Crippen molar-refractivity contribution in [3.63, 3.8) is 0 Å². The van der Waals surface area contributed by atoms with Crippen molar-refractivity contribution in [1.82, 2.24) is 0 Å². The molecule has 5 heteroatoms. The van der Waals surface area contributed by atoms with Gasteiger partial charge < -0.3 is 23.7 Å². The van der Waals surface area contributed by atoms with Gasteiger partial charge in [0.25, 0.3) is 0 Å². The van der Waals surface area contributed by atoms with Crippen LogP contribution in [0.4, 0.5) is 0 Å². The van der Waals surface area contributed by atoms with E-state index in [1.807, 2.05) is 90.1 Å². The molecule has 0 radical (unpaired) electrons. The minimum atomic E-state index is -0.757. The Morgan fingerprint density at radius 2 is 0.793 bits per heavy atom. The van der Waals surface area contributed by atoms with Crippen molar-refractivity contribution in [3.8, 4) is 11.5 Å². The predicted octanol–water partition coefficient (Wildman–Crippen LogP) is 5.97. The van der Waals surface area contributed by atoms with Crippen molar-refractivity contribution in [2.45, 2.75) is 53.1 Å². The molecule has 2 rings (SSSR count). The van der Waals surface area contributed by atoms with Gasteiger partial charge in [-0.15, -0.1) is 0 Å². The van der Waals surface area contributed by atoms with Crippen LogP contribution in [0.3, 0.4) is 0 Å². The molecule has 0 atom stereocenters. The average molecular weight is 403 g/mol. The largest absolute Gasteiger partial charge is 0.457 e. The molecule has 0 aliphatic rings. The molecule has 0 aliphatic carbocycles. The number of benzene rings is 2. The first-order chi connectivity index (χ1) is 13.9. The van der Waals surface area contributed by atoms with Crippen molar-refractivity contribution in [1.29, 1.82) is 0 Å². The number of ether oxygens (including phenoxy) is 5. The van der Waals surface area contributed by atoms with Crippen molar-refractivity contribution in [2.75, 3.05) is 26.4 Å². The van der Waals surface area contributed by atoms with Gasteiger partial charge in [0.15, 0.2) is 11.6 Å². The molecule has 160 valence electrons. The third-order valence-corrected chi connectivity index (χ3v) is 4.67. The van der Waals surface area contributed by atoms with Crippen LogP contribution in [0, 0.1) is 0 Å². The van der Waals surface area contributed by atoms with E-state index in [1.165, 1.54) is 0 Å². The van der Waals surface area contributed by atoms with Crippen LogP contribution in [0.2, 0.25) is 0 Å². The highest BCUT2D eigenvalue weighted by Gasteiger charge is 2.28. The molecule has 0 aromatic heterocycles. The van der Waals surface area contributed by atoms with Gasteiger partial charge in [0.1, 0.15) is 11.5 Å². The van der Waals surface area contributed by atoms with Gasteiger partial charge in [0.2, 0.25) is 0 Å². The quantitative estimate of drug-likeness (QED) is 0.409. The molecule has 0 saturated heterocycles. The number of rotatable bonds is 12. The highest BCUT2D eigenvalue weighted by atomic mass is 16.7. The zero-order chi connectivity index (χ0) is 21.3. The fourth-order valence-electron chi connectivity index (χ4n) is 3.31. The van der Waals surface area contributed by atoms with Crippen LogP contribution in [0.5, 0.6) is 11.5 Å². The lowest BCUT2D eigenvalue weighted by atomic mass is 10.1. The SMILES string of the molecule is CCOC(C)(OCC)c1ccc(Oc2ccc(C(C)(OCC)OCC)cc2)cc1. The molecule has 29 heavy (non-hydrogen) atoms. The Labute approximate surface area is 174 Å². The summed E-state index contributed by atoms with van der Waals surface area (Å²) in [5.74, 6) is -0.0252. The zero-order valence-corrected chi connectivity index (χ0v) is 18.5. The Morgan fingerprint density at radius 3 is 1.03 bits per heavy atom. The molecule has 0 N–H and O–H groups in total. The van der Waals surface area contributed by atoms with Crippen molar-refractivity contribution >= 4 is 0 Å². The highest BCUT2D eigenvalue weighted by molar-refractivity contribution is 5.36. The fourth-order valence-corrected chi connectivity index (χ4v) is 3.31. The molecule has 0 fully saturated rings. The fraction of sp³-hybridized carbons (Fsp3) is 0.500. The van der Waals surface area contributed by atoms with Crippen LogP contribution >= 0.6 is 0 Å². The van der Waals surface area contributed by atoms with Crippen molar-refractivity contribution in [3.05, 3.63) is 59.7 Å². The minimum absolute atomic E-state index is 0.573. The second-order valence-corrected chi connectivity index (χ2v) is 6.77. The Bertz CT molecular complexity index is 648. The molecule has 0 spiro atoms. The van der Waals surface area contributed by atoms with E-state index < -0.39 is 11.6 Å². The molecular weight excluding hydrogens is 368 g/mol. The van der Waals surface area contributed by atoms with Crippen molar-refractivity contribution < 1.29 is 23.7 Å². The molecule has 2 aromatic rings. The molecule has 0 unspecified atom stereocenters. The maximum Gasteiger partial charge on any atom is 0.191 e. The first kappa shape index (κ1) is 23.4. The lowest BCUT2D eigenvalue weighted by Crippen LogP contribution is -2.29. The van der Waals surface area contributed by atoms with Gasteiger partial charge in [-0.05, 0) is 90.1 Å². The normalized spacial score (nSPS) is 12.2. The van der Waals surface area contributed by atoms with E-state index in [-0.39, 0.29) is 0 Å².